The number of furan rings is 1. The molecule has 0 aliphatic heterocycles. The highest BCUT2D eigenvalue weighted by Crippen LogP contribution is 2.30. The molecule has 0 saturated carbocycles. The van der Waals surface area contributed by atoms with E-state index in [1.807, 2.05) is 43.3 Å². The Labute approximate surface area is 166 Å². The largest absolute Gasteiger partial charge is 0.467 e. The number of hydrogen-bond acceptors (Lipinski definition) is 7. The third-order valence-corrected chi connectivity index (χ3v) is 5.95. The van der Waals surface area contributed by atoms with Gasteiger partial charge in [0, 0.05) is 5.69 Å². The van der Waals surface area contributed by atoms with Crippen molar-refractivity contribution in [2.75, 3.05) is 10.6 Å². The van der Waals surface area contributed by atoms with Gasteiger partial charge in [0.2, 0.25) is 11.0 Å². The van der Waals surface area contributed by atoms with E-state index in [1.54, 1.807) is 6.26 Å². The number of hydrogen-bond donors (Lipinski definition) is 2. The minimum atomic E-state index is -0.281. The lowest BCUT2D eigenvalue weighted by molar-refractivity contribution is -0.115. The quantitative estimate of drug-likeness (QED) is 0.517. The van der Waals surface area contributed by atoms with Gasteiger partial charge in [0.15, 0.2) is 4.34 Å². The summed E-state index contributed by atoms with van der Waals surface area (Å²) in [7, 11) is 0. The molecule has 0 unspecified atom stereocenters. The van der Waals surface area contributed by atoms with E-state index in [-0.39, 0.29) is 11.2 Å². The highest BCUT2D eigenvalue weighted by atomic mass is 32.2. The number of benzene rings is 1. The summed E-state index contributed by atoms with van der Waals surface area (Å²) in [5.74, 6) is 1.12. The van der Waals surface area contributed by atoms with Crippen LogP contribution >= 0.6 is 23.1 Å². The fourth-order valence-corrected chi connectivity index (χ4v) is 4.35. The van der Waals surface area contributed by atoms with Crippen molar-refractivity contribution in [3.8, 4) is 0 Å². The Hall–Kier alpha value is -2.32. The van der Waals surface area contributed by atoms with Gasteiger partial charge in [-0.05, 0) is 36.6 Å². The van der Waals surface area contributed by atoms with Crippen molar-refractivity contribution in [3.05, 3.63) is 54.0 Å². The number of carbonyl (C=O) groups excluding carboxylic acids is 1. The molecule has 2 heterocycles. The van der Waals surface area contributed by atoms with Crippen LogP contribution in [0.25, 0.3) is 0 Å². The molecule has 0 saturated heterocycles. The zero-order valence-corrected chi connectivity index (χ0v) is 17.1. The Morgan fingerprint density at radius 1 is 1.19 bits per heavy atom. The van der Waals surface area contributed by atoms with Gasteiger partial charge in [-0.25, -0.2) is 0 Å². The average Bonchev–Trinajstić information content (AvgIpc) is 3.32. The molecule has 8 heteroatoms. The molecule has 27 heavy (non-hydrogen) atoms. The minimum absolute atomic E-state index is 0.0478. The molecule has 1 aromatic carbocycles. The summed E-state index contributed by atoms with van der Waals surface area (Å²) in [5.41, 5.74) is 1.99. The number of nitrogens with one attached hydrogen (secondary N) is 2. The molecule has 1 atom stereocenters. The van der Waals surface area contributed by atoms with Gasteiger partial charge in [0.1, 0.15) is 5.76 Å². The number of carbonyl (C=O) groups is 1. The van der Waals surface area contributed by atoms with Crippen LogP contribution in [0.3, 0.4) is 0 Å². The van der Waals surface area contributed by atoms with Gasteiger partial charge >= 0.3 is 0 Å². The Kier molecular flexibility index (Phi) is 6.52. The van der Waals surface area contributed by atoms with Gasteiger partial charge < -0.3 is 15.1 Å². The average molecular weight is 403 g/mol. The Morgan fingerprint density at radius 2 is 2.00 bits per heavy atom. The molecule has 1 amide bonds. The molecule has 2 N–H and O–H groups in total. The van der Waals surface area contributed by atoms with Crippen molar-refractivity contribution >= 4 is 39.8 Å². The first-order chi connectivity index (χ1) is 13.0. The lowest BCUT2D eigenvalue weighted by Crippen LogP contribution is -2.23. The maximum Gasteiger partial charge on any atom is 0.237 e. The summed E-state index contributed by atoms with van der Waals surface area (Å²) >= 11 is 2.82. The highest BCUT2D eigenvalue weighted by Gasteiger charge is 2.19. The van der Waals surface area contributed by atoms with Crippen molar-refractivity contribution in [1.82, 2.24) is 10.2 Å². The van der Waals surface area contributed by atoms with Crippen molar-refractivity contribution in [2.45, 2.75) is 42.8 Å². The van der Waals surface area contributed by atoms with E-state index >= 15 is 0 Å². The first kappa shape index (κ1) is 19.4. The van der Waals surface area contributed by atoms with Gasteiger partial charge in [-0.15, -0.1) is 10.2 Å². The van der Waals surface area contributed by atoms with E-state index in [2.05, 4.69) is 34.7 Å². The normalized spacial score (nSPS) is 12.1. The monoisotopic (exact) mass is 402 g/mol. The fourth-order valence-electron chi connectivity index (χ4n) is 2.46. The van der Waals surface area contributed by atoms with Crippen LogP contribution in [0.15, 0.2) is 51.4 Å². The number of nitrogens with zero attached hydrogens (tertiary/aromatic N) is 2. The van der Waals surface area contributed by atoms with E-state index < -0.39 is 0 Å². The molecular weight excluding hydrogens is 380 g/mol. The van der Waals surface area contributed by atoms with Crippen LogP contribution in [0.2, 0.25) is 0 Å². The van der Waals surface area contributed by atoms with Gasteiger partial charge in [-0.2, -0.15) is 0 Å². The van der Waals surface area contributed by atoms with E-state index in [0.717, 1.165) is 21.4 Å². The maximum absolute atomic E-state index is 12.6. The fraction of sp³-hybridized carbons (Fsp3) is 0.316. The first-order valence-electron chi connectivity index (χ1n) is 8.69. The SMILES string of the molecule is CC(C)c1ccccc1NC(=O)[C@@H](C)Sc1nnc(NCc2ccco2)s1. The van der Waals surface area contributed by atoms with Crippen LogP contribution in [-0.4, -0.2) is 21.4 Å². The topological polar surface area (TPSA) is 80.0 Å². The van der Waals surface area contributed by atoms with Crippen LogP contribution in [-0.2, 0) is 11.3 Å². The Balaban J connectivity index is 1.55. The second-order valence-electron chi connectivity index (χ2n) is 6.30. The smallest absolute Gasteiger partial charge is 0.237 e. The van der Waals surface area contributed by atoms with Gasteiger partial charge in [-0.3, -0.25) is 4.79 Å². The molecule has 0 spiro atoms. The third-order valence-electron chi connectivity index (χ3n) is 3.89. The lowest BCUT2D eigenvalue weighted by atomic mass is 10.0. The van der Waals surface area contributed by atoms with Gasteiger partial charge in [0.25, 0.3) is 0 Å². The lowest BCUT2D eigenvalue weighted by Gasteiger charge is -2.15. The molecule has 0 aliphatic carbocycles. The summed E-state index contributed by atoms with van der Waals surface area (Å²) in [6.45, 7) is 6.65. The number of anilines is 2. The Bertz CT molecular complexity index is 877. The Morgan fingerprint density at radius 3 is 2.74 bits per heavy atom. The standard InChI is InChI=1S/C19H22N4O2S2/c1-12(2)15-8-4-5-9-16(15)21-17(24)13(3)26-19-23-22-18(27-19)20-11-14-7-6-10-25-14/h4-10,12-13H,11H2,1-3H3,(H,20,22)(H,21,24)/t13-/m1/s1. The molecule has 142 valence electrons. The van der Waals surface area contributed by atoms with E-state index in [9.17, 15) is 4.79 Å². The molecular formula is C19H22N4O2S2. The number of aromatic nitrogens is 2. The maximum atomic E-state index is 12.6. The molecule has 3 aromatic rings. The molecule has 0 radical (unpaired) electrons. The van der Waals surface area contributed by atoms with Crippen molar-refractivity contribution in [1.29, 1.82) is 0 Å². The van der Waals surface area contributed by atoms with Crippen LogP contribution in [0.5, 0.6) is 0 Å². The molecule has 0 bridgehead atoms. The number of thioether (sulfide) groups is 1. The van der Waals surface area contributed by atoms with Crippen LogP contribution in [0.1, 0.15) is 38.0 Å². The summed E-state index contributed by atoms with van der Waals surface area (Å²) in [6.07, 6.45) is 1.64. The summed E-state index contributed by atoms with van der Waals surface area (Å²) in [6, 6.07) is 11.6. The predicted molar refractivity (Wildman–Crippen MR) is 110 cm³/mol. The molecule has 6 nitrogen and oxygen atoms in total. The van der Waals surface area contributed by atoms with E-state index in [1.165, 1.54) is 23.1 Å². The predicted octanol–water partition coefficient (Wildman–Crippen LogP) is 4.99. The van der Waals surface area contributed by atoms with Crippen LogP contribution < -0.4 is 10.6 Å². The first-order valence-corrected chi connectivity index (χ1v) is 10.4. The number of rotatable bonds is 8. The van der Waals surface area contributed by atoms with Crippen molar-refractivity contribution in [2.24, 2.45) is 0 Å². The molecule has 0 aliphatic rings. The second kappa shape index (κ2) is 9.05. The zero-order chi connectivity index (χ0) is 19.2. The molecule has 0 fully saturated rings. The molecule has 2 aromatic heterocycles. The zero-order valence-electron chi connectivity index (χ0n) is 15.4. The van der Waals surface area contributed by atoms with Crippen molar-refractivity contribution < 1.29 is 9.21 Å². The highest BCUT2D eigenvalue weighted by molar-refractivity contribution is 8.02. The van der Waals surface area contributed by atoms with Gasteiger partial charge in [-0.1, -0.05) is 55.1 Å². The second-order valence-corrected chi connectivity index (χ2v) is 8.86. The third kappa shape index (κ3) is 5.33. The van der Waals surface area contributed by atoms with Crippen LogP contribution in [0.4, 0.5) is 10.8 Å². The summed E-state index contributed by atoms with van der Waals surface area (Å²) in [4.78, 5) is 12.6. The minimum Gasteiger partial charge on any atom is -0.467 e. The van der Waals surface area contributed by atoms with Crippen molar-refractivity contribution in [3.63, 3.8) is 0 Å². The van der Waals surface area contributed by atoms with Gasteiger partial charge in [0.05, 0.1) is 18.1 Å². The van der Waals surface area contributed by atoms with Crippen LogP contribution in [0, 0.1) is 0 Å². The van der Waals surface area contributed by atoms with E-state index in [0.29, 0.717) is 17.6 Å². The van der Waals surface area contributed by atoms with E-state index in [4.69, 9.17) is 4.42 Å². The number of amides is 1. The summed E-state index contributed by atoms with van der Waals surface area (Å²) in [5, 5.41) is 14.9. The number of para-hydroxylation sites is 1. The molecule has 3 rings (SSSR count). The summed E-state index contributed by atoms with van der Waals surface area (Å²) < 4.78 is 6.02.